The SMILES string of the molecule is Cn1ccc(NC(=O)/C(=C/[C@H]2C[C@@H](F)[C@@H](F)C2)c2ccc(S(=O)(=O)C3CC3)cc2)n1. The highest BCUT2D eigenvalue weighted by Crippen LogP contribution is 2.36. The number of hydrogen-bond donors (Lipinski definition) is 1. The van der Waals surface area contributed by atoms with E-state index < -0.39 is 34.0 Å². The Balaban J connectivity index is 1.63. The summed E-state index contributed by atoms with van der Waals surface area (Å²) in [5.74, 6) is -0.543. The van der Waals surface area contributed by atoms with Crippen LogP contribution in [0.5, 0.6) is 0 Å². The van der Waals surface area contributed by atoms with Crippen molar-refractivity contribution in [2.45, 2.75) is 48.2 Å². The normalized spacial score (nSPS) is 24.8. The molecule has 2 aliphatic carbocycles. The predicted molar refractivity (Wildman–Crippen MR) is 109 cm³/mol. The lowest BCUT2D eigenvalue weighted by molar-refractivity contribution is -0.111. The number of benzene rings is 1. The Labute approximate surface area is 173 Å². The molecule has 0 unspecified atom stereocenters. The van der Waals surface area contributed by atoms with Gasteiger partial charge in [-0.25, -0.2) is 17.2 Å². The van der Waals surface area contributed by atoms with Crippen LogP contribution in [0.3, 0.4) is 0 Å². The molecule has 1 heterocycles. The van der Waals surface area contributed by atoms with Crippen LogP contribution in [-0.2, 0) is 21.7 Å². The number of halogens is 2. The molecule has 0 saturated heterocycles. The highest BCUT2D eigenvalue weighted by molar-refractivity contribution is 7.92. The summed E-state index contributed by atoms with van der Waals surface area (Å²) < 4.78 is 53.7. The van der Waals surface area contributed by atoms with Gasteiger partial charge in [0.1, 0.15) is 12.3 Å². The minimum absolute atomic E-state index is 0.00960. The molecular weight excluding hydrogens is 412 g/mol. The topological polar surface area (TPSA) is 81.1 Å². The van der Waals surface area contributed by atoms with E-state index in [1.165, 1.54) is 16.8 Å². The molecule has 3 atom stereocenters. The first kappa shape index (κ1) is 20.7. The average molecular weight is 435 g/mol. The fourth-order valence-electron chi connectivity index (χ4n) is 3.71. The summed E-state index contributed by atoms with van der Waals surface area (Å²) in [6, 6.07) is 7.72. The molecule has 2 aromatic rings. The van der Waals surface area contributed by atoms with Crippen molar-refractivity contribution in [1.82, 2.24) is 9.78 Å². The first-order valence-electron chi connectivity index (χ1n) is 9.89. The summed E-state index contributed by atoms with van der Waals surface area (Å²) in [6.45, 7) is 0. The van der Waals surface area contributed by atoms with Gasteiger partial charge in [0, 0.05) is 24.9 Å². The standard InChI is InChI=1S/C21H23F2N3O3S/c1-26-9-8-20(25-26)24-21(27)17(10-13-11-18(22)19(23)12-13)14-2-4-15(5-3-14)30(28,29)16-6-7-16/h2-5,8-10,13,16,18-19H,6-7,11-12H2,1H3,(H,24,25,27)/b17-10+/t13-,18+,19-. The van der Waals surface area contributed by atoms with E-state index in [1.54, 1.807) is 37.5 Å². The molecule has 0 radical (unpaired) electrons. The number of amides is 1. The summed E-state index contributed by atoms with van der Waals surface area (Å²) in [6.07, 6.45) is 1.51. The maximum absolute atomic E-state index is 13.7. The van der Waals surface area contributed by atoms with E-state index in [1.807, 2.05) is 0 Å². The molecule has 30 heavy (non-hydrogen) atoms. The number of rotatable bonds is 6. The van der Waals surface area contributed by atoms with Crippen molar-refractivity contribution >= 4 is 27.1 Å². The summed E-state index contributed by atoms with van der Waals surface area (Å²) in [7, 11) is -1.63. The number of allylic oxidation sites excluding steroid dienone is 1. The third-order valence-electron chi connectivity index (χ3n) is 5.51. The molecule has 1 N–H and O–H groups in total. The second kappa shape index (κ2) is 7.94. The van der Waals surface area contributed by atoms with E-state index in [2.05, 4.69) is 10.4 Å². The number of hydrogen-bond acceptors (Lipinski definition) is 4. The number of anilines is 1. The summed E-state index contributed by atoms with van der Waals surface area (Å²) in [5.41, 5.74) is 0.721. The predicted octanol–water partition coefficient (Wildman–Crippen LogP) is 3.46. The van der Waals surface area contributed by atoms with Crippen molar-refractivity contribution in [1.29, 1.82) is 0 Å². The molecule has 0 aliphatic heterocycles. The zero-order chi connectivity index (χ0) is 21.5. The third kappa shape index (κ3) is 4.30. The molecule has 2 fully saturated rings. The number of aromatic nitrogens is 2. The molecule has 1 aromatic carbocycles. The smallest absolute Gasteiger partial charge is 0.257 e. The molecule has 1 aromatic heterocycles. The van der Waals surface area contributed by atoms with Gasteiger partial charge in [-0.05, 0) is 49.3 Å². The molecule has 2 aliphatic rings. The maximum Gasteiger partial charge on any atom is 0.257 e. The van der Waals surface area contributed by atoms with Crippen molar-refractivity contribution in [3.05, 3.63) is 48.2 Å². The van der Waals surface area contributed by atoms with Crippen molar-refractivity contribution < 1.29 is 22.0 Å². The molecule has 2 saturated carbocycles. The molecule has 0 bridgehead atoms. The lowest BCUT2D eigenvalue weighted by atomic mass is 9.98. The van der Waals surface area contributed by atoms with Crippen LogP contribution in [0.25, 0.3) is 5.57 Å². The zero-order valence-electron chi connectivity index (χ0n) is 16.5. The molecule has 4 rings (SSSR count). The monoisotopic (exact) mass is 435 g/mol. The number of carbonyl (C=O) groups is 1. The zero-order valence-corrected chi connectivity index (χ0v) is 17.3. The lowest BCUT2D eigenvalue weighted by Gasteiger charge is -2.12. The first-order valence-corrected chi connectivity index (χ1v) is 11.4. The van der Waals surface area contributed by atoms with E-state index >= 15 is 0 Å². The van der Waals surface area contributed by atoms with Crippen LogP contribution in [0.1, 0.15) is 31.2 Å². The van der Waals surface area contributed by atoms with E-state index in [9.17, 15) is 22.0 Å². The number of nitrogens with zero attached hydrogens (tertiary/aromatic N) is 2. The van der Waals surface area contributed by atoms with Crippen LogP contribution in [0.15, 0.2) is 47.5 Å². The molecule has 9 heteroatoms. The molecule has 160 valence electrons. The molecular formula is C21H23F2N3O3S. The number of sulfone groups is 1. The first-order chi connectivity index (χ1) is 14.2. The average Bonchev–Trinajstić information content (AvgIpc) is 3.42. The van der Waals surface area contributed by atoms with Crippen LogP contribution >= 0.6 is 0 Å². The van der Waals surface area contributed by atoms with E-state index in [4.69, 9.17) is 0 Å². The second-order valence-corrected chi connectivity index (χ2v) is 10.2. The Kier molecular flexibility index (Phi) is 5.48. The van der Waals surface area contributed by atoms with Gasteiger partial charge in [0.05, 0.1) is 10.1 Å². The van der Waals surface area contributed by atoms with Gasteiger partial charge in [-0.3, -0.25) is 9.48 Å². The summed E-state index contributed by atoms with van der Waals surface area (Å²) in [4.78, 5) is 13.2. The van der Waals surface area contributed by atoms with E-state index in [-0.39, 0.29) is 28.6 Å². The van der Waals surface area contributed by atoms with Crippen LogP contribution < -0.4 is 5.32 Å². The second-order valence-electron chi connectivity index (χ2n) is 7.94. The number of carbonyl (C=O) groups excluding carboxylic acids is 1. The van der Waals surface area contributed by atoms with Gasteiger partial charge in [0.2, 0.25) is 0 Å². The minimum Gasteiger partial charge on any atom is -0.305 e. The Morgan fingerprint density at radius 2 is 1.77 bits per heavy atom. The number of aryl methyl sites for hydroxylation is 1. The lowest BCUT2D eigenvalue weighted by Crippen LogP contribution is -2.15. The van der Waals surface area contributed by atoms with Crippen LogP contribution in [0.4, 0.5) is 14.6 Å². The number of nitrogens with one attached hydrogen (secondary N) is 1. The van der Waals surface area contributed by atoms with Gasteiger partial charge in [0.25, 0.3) is 5.91 Å². The van der Waals surface area contributed by atoms with Crippen molar-refractivity contribution in [2.24, 2.45) is 13.0 Å². The highest BCUT2D eigenvalue weighted by Gasteiger charge is 2.37. The van der Waals surface area contributed by atoms with Crippen molar-refractivity contribution in [2.75, 3.05) is 5.32 Å². The Bertz CT molecular complexity index is 1070. The summed E-state index contributed by atoms with van der Waals surface area (Å²) >= 11 is 0. The van der Waals surface area contributed by atoms with Gasteiger partial charge >= 0.3 is 0 Å². The van der Waals surface area contributed by atoms with Gasteiger partial charge in [-0.1, -0.05) is 18.2 Å². The highest BCUT2D eigenvalue weighted by atomic mass is 32.2. The van der Waals surface area contributed by atoms with Crippen LogP contribution in [0.2, 0.25) is 0 Å². The molecule has 1 amide bonds. The van der Waals surface area contributed by atoms with Crippen LogP contribution in [0, 0.1) is 5.92 Å². The van der Waals surface area contributed by atoms with E-state index in [0.29, 0.717) is 24.2 Å². The van der Waals surface area contributed by atoms with Crippen LogP contribution in [-0.4, -0.2) is 41.7 Å². The fourth-order valence-corrected chi connectivity index (χ4v) is 5.36. The number of alkyl halides is 2. The van der Waals surface area contributed by atoms with Gasteiger partial charge in [-0.2, -0.15) is 5.10 Å². The Morgan fingerprint density at radius 1 is 1.13 bits per heavy atom. The van der Waals surface area contributed by atoms with Gasteiger partial charge in [0.15, 0.2) is 15.7 Å². The van der Waals surface area contributed by atoms with Crippen molar-refractivity contribution in [3.63, 3.8) is 0 Å². The largest absolute Gasteiger partial charge is 0.305 e. The Morgan fingerprint density at radius 3 is 2.30 bits per heavy atom. The fraction of sp³-hybridized carbons (Fsp3) is 0.429. The Hall–Kier alpha value is -2.55. The summed E-state index contributed by atoms with van der Waals surface area (Å²) in [5, 5.41) is 6.47. The quantitative estimate of drug-likeness (QED) is 0.705. The van der Waals surface area contributed by atoms with E-state index in [0.717, 1.165) is 0 Å². The molecule has 6 nitrogen and oxygen atoms in total. The minimum atomic E-state index is -3.34. The van der Waals surface area contributed by atoms with Gasteiger partial charge < -0.3 is 5.32 Å². The maximum atomic E-state index is 13.7. The van der Waals surface area contributed by atoms with Crippen molar-refractivity contribution in [3.8, 4) is 0 Å². The molecule has 0 spiro atoms. The van der Waals surface area contributed by atoms with Gasteiger partial charge in [-0.15, -0.1) is 0 Å². The third-order valence-corrected chi connectivity index (χ3v) is 7.79.